The number of aryl methyl sites for hydroxylation is 2. The fourth-order valence-electron chi connectivity index (χ4n) is 3.84. The summed E-state index contributed by atoms with van der Waals surface area (Å²) in [6, 6.07) is 12.8. The van der Waals surface area contributed by atoms with E-state index in [2.05, 4.69) is 46.8 Å². The second-order valence-electron chi connectivity index (χ2n) is 11.4. The number of hydrogen-bond acceptors (Lipinski definition) is 7. The monoisotopic (exact) mass is 748 g/mol. The predicted molar refractivity (Wildman–Crippen MR) is 177 cm³/mol. The minimum Gasteiger partial charge on any atom is -0.399 e. The van der Waals surface area contributed by atoms with Gasteiger partial charge >= 0.3 is 19.5 Å². The molecule has 0 saturated carbocycles. The van der Waals surface area contributed by atoms with Crippen LogP contribution in [0.1, 0.15) is 63.5 Å². The molecule has 3 heterocycles. The Bertz CT molecular complexity index is 1800. The number of aromatic nitrogens is 4. The van der Waals surface area contributed by atoms with Crippen molar-refractivity contribution in [2.45, 2.75) is 72.5 Å². The fraction of sp³-hybridized carbons (Fsp3) is 0.333. The summed E-state index contributed by atoms with van der Waals surface area (Å²) in [5.41, 5.74) is 3.39. The van der Waals surface area contributed by atoms with Gasteiger partial charge in [0.1, 0.15) is 6.07 Å². The predicted octanol–water partition coefficient (Wildman–Crippen LogP) is 9.08. The molecule has 49 heavy (non-hydrogen) atoms. The maximum absolute atomic E-state index is 12.4. The van der Waals surface area contributed by atoms with Crippen molar-refractivity contribution in [2.24, 2.45) is 0 Å². The van der Waals surface area contributed by atoms with Gasteiger partial charge in [0.15, 0.2) is 5.69 Å². The highest BCUT2D eigenvalue weighted by atomic mass is 79.9. The van der Waals surface area contributed by atoms with Crippen molar-refractivity contribution in [3.8, 4) is 17.2 Å². The van der Waals surface area contributed by atoms with Gasteiger partial charge in [-0.1, -0.05) is 25.6 Å². The molecule has 1 aliphatic heterocycles. The number of rotatable bonds is 2. The molecule has 0 amide bonds. The summed E-state index contributed by atoms with van der Waals surface area (Å²) in [7, 11) is -0.757. The second-order valence-corrected chi connectivity index (χ2v) is 12.3. The van der Waals surface area contributed by atoms with Crippen molar-refractivity contribution < 1.29 is 35.7 Å². The SMILES string of the molecule is C.CC1(C)OB(c2cnc(C(F)(F)F)nc2)OC1(C)C.Cc1ccc(Br)c(C#N)c1.[C-]#[N+]c1cc(-c2cnc(C(F)(F)F)nc2)ccc1C. The summed E-state index contributed by atoms with van der Waals surface area (Å²) < 4.78 is 86.3. The lowest BCUT2D eigenvalue weighted by Gasteiger charge is -2.32. The van der Waals surface area contributed by atoms with Crippen LogP contribution in [0.25, 0.3) is 16.0 Å². The van der Waals surface area contributed by atoms with Crippen LogP contribution in [-0.2, 0) is 21.7 Å². The first-order valence-electron chi connectivity index (χ1n) is 14.0. The molecular formula is C33H32BBrF6N6O2. The molecule has 0 N–H and O–H groups in total. The van der Waals surface area contributed by atoms with Crippen molar-refractivity contribution >= 4 is 34.2 Å². The summed E-state index contributed by atoms with van der Waals surface area (Å²) in [6.07, 6.45) is -4.72. The van der Waals surface area contributed by atoms with Crippen LogP contribution in [0.2, 0.25) is 0 Å². The summed E-state index contributed by atoms with van der Waals surface area (Å²) in [6.45, 7) is 18.2. The molecule has 4 aromatic rings. The maximum Gasteiger partial charge on any atom is 0.498 e. The standard InChI is InChI=1S/C13H8F3N3.C11H14BF3N2O2.C8H6BrN.CH4/c1-8-3-4-9(5-11(8)17-2)10-6-18-12(19-7-10)13(14,15)16;1-9(2)10(3,4)19-12(18-9)7-5-16-8(17-6-7)11(13,14)15;1-6-2-3-8(9)7(4-6)5-10;/h3-7H,1H3;5-6H,1-4H3;2-4H,1H3;1H4. The summed E-state index contributed by atoms with van der Waals surface area (Å²) in [5, 5.41) is 8.56. The van der Waals surface area contributed by atoms with Crippen molar-refractivity contribution in [1.29, 1.82) is 5.26 Å². The van der Waals surface area contributed by atoms with Crippen molar-refractivity contribution in [1.82, 2.24) is 19.9 Å². The number of nitriles is 1. The molecule has 1 saturated heterocycles. The molecule has 258 valence electrons. The van der Waals surface area contributed by atoms with Gasteiger partial charge in [-0.3, -0.25) is 0 Å². The molecule has 0 bridgehead atoms. The van der Waals surface area contributed by atoms with Crippen LogP contribution < -0.4 is 5.46 Å². The molecule has 1 aliphatic rings. The molecular weight excluding hydrogens is 717 g/mol. The molecule has 5 rings (SSSR count). The molecule has 0 radical (unpaired) electrons. The van der Waals surface area contributed by atoms with Crippen LogP contribution in [0, 0.1) is 31.8 Å². The normalized spacial score (nSPS) is 14.6. The van der Waals surface area contributed by atoms with Gasteiger partial charge in [-0.05, 0) is 92.4 Å². The molecule has 0 atom stereocenters. The number of halogens is 7. The molecule has 0 unspecified atom stereocenters. The third-order valence-electron chi connectivity index (χ3n) is 7.26. The van der Waals surface area contributed by atoms with E-state index in [4.69, 9.17) is 21.1 Å². The topological polar surface area (TPSA) is 98.2 Å². The zero-order valence-electron chi connectivity index (χ0n) is 26.5. The van der Waals surface area contributed by atoms with Crippen LogP contribution in [-0.4, -0.2) is 38.3 Å². The minimum absolute atomic E-state index is 0. The minimum atomic E-state index is -4.55. The van der Waals surface area contributed by atoms with Crippen molar-refractivity contribution in [3.63, 3.8) is 0 Å². The van der Waals surface area contributed by atoms with Gasteiger partial charge in [0.05, 0.1) is 23.3 Å². The second kappa shape index (κ2) is 15.9. The first kappa shape index (κ1) is 40.8. The highest BCUT2D eigenvalue weighted by Gasteiger charge is 2.52. The summed E-state index contributed by atoms with van der Waals surface area (Å²) in [4.78, 5) is 16.5. The molecule has 0 spiro atoms. The average Bonchev–Trinajstić information content (AvgIpc) is 3.24. The van der Waals surface area contributed by atoms with E-state index in [1.54, 1.807) is 25.1 Å². The third-order valence-corrected chi connectivity index (χ3v) is 7.95. The van der Waals surface area contributed by atoms with E-state index in [0.717, 1.165) is 40.4 Å². The van der Waals surface area contributed by atoms with Crippen molar-refractivity contribution in [3.05, 3.63) is 105 Å². The first-order chi connectivity index (χ1) is 22.2. The van der Waals surface area contributed by atoms with Crippen LogP contribution in [0.5, 0.6) is 0 Å². The lowest BCUT2D eigenvalue weighted by Crippen LogP contribution is -2.41. The van der Waals surface area contributed by atoms with Crippen LogP contribution in [0.4, 0.5) is 32.0 Å². The quantitative estimate of drug-likeness (QED) is 0.115. The summed E-state index contributed by atoms with van der Waals surface area (Å²) >= 11 is 3.27. The van der Waals surface area contributed by atoms with E-state index >= 15 is 0 Å². The van der Waals surface area contributed by atoms with E-state index in [1.165, 1.54) is 0 Å². The Morgan fingerprint density at radius 1 is 0.796 bits per heavy atom. The van der Waals surface area contributed by atoms with E-state index in [1.807, 2.05) is 52.8 Å². The van der Waals surface area contributed by atoms with Crippen LogP contribution >= 0.6 is 15.9 Å². The lowest BCUT2D eigenvalue weighted by atomic mass is 9.81. The molecule has 2 aromatic heterocycles. The highest BCUT2D eigenvalue weighted by Crippen LogP contribution is 2.36. The number of benzene rings is 2. The Balaban J connectivity index is 0.000000265. The Morgan fingerprint density at radius 2 is 1.29 bits per heavy atom. The number of alkyl halides is 6. The third kappa shape index (κ3) is 10.6. The molecule has 1 fully saturated rings. The molecule has 8 nitrogen and oxygen atoms in total. The zero-order valence-corrected chi connectivity index (χ0v) is 28.1. The van der Waals surface area contributed by atoms with E-state index in [9.17, 15) is 26.3 Å². The Labute approximate surface area is 289 Å². The average molecular weight is 749 g/mol. The van der Waals surface area contributed by atoms with Gasteiger partial charge in [0, 0.05) is 40.3 Å². The van der Waals surface area contributed by atoms with Crippen LogP contribution in [0.15, 0.2) is 65.7 Å². The van der Waals surface area contributed by atoms with Crippen molar-refractivity contribution in [2.75, 3.05) is 0 Å². The lowest BCUT2D eigenvalue weighted by molar-refractivity contribution is -0.145. The Morgan fingerprint density at radius 3 is 1.71 bits per heavy atom. The van der Waals surface area contributed by atoms with Gasteiger partial charge in [-0.15, -0.1) is 0 Å². The van der Waals surface area contributed by atoms with Gasteiger partial charge in [0.25, 0.3) is 0 Å². The number of hydrogen-bond donors (Lipinski definition) is 0. The first-order valence-corrected chi connectivity index (χ1v) is 14.8. The zero-order chi connectivity index (χ0) is 36.1. The van der Waals surface area contributed by atoms with Gasteiger partial charge in [-0.2, -0.15) is 31.6 Å². The molecule has 16 heteroatoms. The Kier molecular flexibility index (Phi) is 13.2. The fourth-order valence-corrected chi connectivity index (χ4v) is 4.18. The van der Waals surface area contributed by atoms with E-state index in [0.29, 0.717) is 27.8 Å². The summed E-state index contributed by atoms with van der Waals surface area (Å²) in [5.74, 6) is -2.35. The number of nitrogens with zero attached hydrogens (tertiary/aromatic N) is 6. The molecule has 0 aliphatic carbocycles. The smallest absolute Gasteiger partial charge is 0.399 e. The molecule has 2 aromatic carbocycles. The Hall–Kier alpha value is -4.38. The maximum atomic E-state index is 12.4. The highest BCUT2D eigenvalue weighted by molar-refractivity contribution is 9.10. The van der Waals surface area contributed by atoms with Crippen LogP contribution in [0.3, 0.4) is 0 Å². The van der Waals surface area contributed by atoms with E-state index < -0.39 is 42.3 Å². The van der Waals surface area contributed by atoms with Gasteiger partial charge in [-0.25, -0.2) is 24.8 Å². The van der Waals surface area contributed by atoms with Gasteiger partial charge in [0.2, 0.25) is 11.6 Å². The van der Waals surface area contributed by atoms with E-state index in [-0.39, 0.29) is 7.43 Å². The van der Waals surface area contributed by atoms with Gasteiger partial charge < -0.3 is 9.31 Å². The largest absolute Gasteiger partial charge is 0.498 e.